The maximum absolute atomic E-state index is 7.44. The summed E-state index contributed by atoms with van der Waals surface area (Å²) in [6.45, 7) is 10.8. The number of aromatic nitrogens is 1. The van der Waals surface area contributed by atoms with Crippen molar-refractivity contribution in [3.8, 4) is 39.1 Å². The Morgan fingerprint density at radius 1 is 0.458 bits per heavy atom. The van der Waals surface area contributed by atoms with Crippen LogP contribution in [-0.4, -0.2) is 169 Å². The van der Waals surface area contributed by atoms with Gasteiger partial charge in [-0.3, -0.25) is 0 Å². The highest BCUT2D eigenvalue weighted by Gasteiger charge is 2.39. The summed E-state index contributed by atoms with van der Waals surface area (Å²) in [6.07, 6.45) is 0.566. The van der Waals surface area contributed by atoms with Gasteiger partial charge >= 0.3 is 0 Å². The van der Waals surface area contributed by atoms with Crippen LogP contribution >= 0.6 is 0 Å². The summed E-state index contributed by atoms with van der Waals surface area (Å²) in [5.41, 5.74) is 5.19. The van der Waals surface area contributed by atoms with E-state index in [0.717, 1.165) is 49.7 Å². The fraction of sp³-hybridized carbons (Fsp3) is 0.100. The van der Waals surface area contributed by atoms with E-state index >= 15 is 0 Å². The highest BCUT2D eigenvalue weighted by molar-refractivity contribution is 6.72. The van der Waals surface area contributed by atoms with Crippen LogP contribution in [0.4, 0.5) is 11.4 Å². The first-order valence-electron chi connectivity index (χ1n) is 26.2. The second kappa shape index (κ2) is 22.1. The average molecular weight is 1000 g/mol. The predicted octanol–water partition coefficient (Wildman–Crippen LogP) is -6.71. The normalized spacial score (nSPS) is 12.8. The molecule has 0 fully saturated rings. The molecule has 0 unspecified atom stereocenters. The lowest BCUT2D eigenvalue weighted by Crippen LogP contribution is -2.57. The summed E-state index contributed by atoms with van der Waals surface area (Å²) in [5, 5.41) is 1.84. The molecule has 0 bridgehead atoms. The average Bonchev–Trinajstić information content (AvgIpc) is 2.82. The Morgan fingerprint density at radius 2 is 0.855 bits per heavy atom. The summed E-state index contributed by atoms with van der Waals surface area (Å²) in [6, 6.07) is 29.0. The van der Waals surface area contributed by atoms with Gasteiger partial charge in [-0.25, -0.2) is 0 Å². The Labute approximate surface area is 516 Å². The number of nitrogens with zero attached hydrogens (tertiary/aromatic N) is 2. The molecule has 9 aromatic rings. The van der Waals surface area contributed by atoms with Crippen LogP contribution in [0.15, 0.2) is 114 Å². The van der Waals surface area contributed by atoms with E-state index in [1.165, 1.54) is 4.90 Å². The van der Waals surface area contributed by atoms with Gasteiger partial charge in [0.1, 0.15) is 149 Å². The SMILES string of the molecule is [B]C([B])=C(/C(CCC)=C(/[B])C(=C)N(c1c([B])c([B])c(-c2cc(-n3c4ccccc4c4ccccc43)c3c(c2)C(C)(C)c2ccccc2-3)c([B])c1[B])c1c([B])c([B])c(-c2c([B])c([B])c([B])c([B])c2[B])c([B])c1[B])c1c([B])c([B])c([B])c([B])c1[B]. The Kier molecular flexibility index (Phi) is 16.0. The molecular weight excluding hydrogens is 976 g/mol. The van der Waals surface area contributed by atoms with Crippen molar-refractivity contribution in [1.82, 2.24) is 4.57 Å². The van der Waals surface area contributed by atoms with Crippen LogP contribution in [0.3, 0.4) is 0 Å². The predicted molar refractivity (Wildman–Crippen MR) is 376 cm³/mol. The van der Waals surface area contributed by atoms with Crippen molar-refractivity contribution in [2.45, 2.75) is 39.0 Å². The van der Waals surface area contributed by atoms with Crippen LogP contribution in [-0.2, 0) is 5.41 Å². The first kappa shape index (κ1) is 60.1. The molecule has 0 spiro atoms. The smallest absolute Gasteiger partial charge is 0.117 e. The van der Waals surface area contributed by atoms with E-state index in [0.29, 0.717) is 17.5 Å². The molecular formula is C60H29B21N2. The van der Waals surface area contributed by atoms with E-state index in [2.05, 4.69) is 67.5 Å². The van der Waals surface area contributed by atoms with Crippen molar-refractivity contribution in [3.63, 3.8) is 0 Å². The molecule has 23 heteroatoms. The maximum atomic E-state index is 7.44. The fourth-order valence-corrected chi connectivity index (χ4v) is 12.0. The number of fused-ring (bicyclic) bond motifs is 6. The number of anilines is 2. The van der Waals surface area contributed by atoms with Crippen molar-refractivity contribution in [2.24, 2.45) is 0 Å². The third-order valence-electron chi connectivity index (χ3n) is 16.4. The molecule has 0 saturated heterocycles. The molecule has 2 nitrogen and oxygen atoms in total. The van der Waals surface area contributed by atoms with E-state index in [9.17, 15) is 0 Å². The summed E-state index contributed by atoms with van der Waals surface area (Å²) >= 11 is 0. The van der Waals surface area contributed by atoms with E-state index in [4.69, 9.17) is 165 Å². The molecule has 1 heterocycles. The van der Waals surface area contributed by atoms with Crippen molar-refractivity contribution < 1.29 is 0 Å². The molecule has 0 atom stereocenters. The van der Waals surface area contributed by atoms with Crippen molar-refractivity contribution in [2.75, 3.05) is 4.90 Å². The lowest BCUT2D eigenvalue weighted by molar-refractivity contribution is 0.660. The maximum Gasteiger partial charge on any atom is 0.117 e. The number of hydrogen-bond donors (Lipinski definition) is 0. The minimum atomic E-state index is -0.524. The molecule has 0 aliphatic heterocycles. The second-order valence-electron chi connectivity index (χ2n) is 21.4. The zero-order chi connectivity index (χ0) is 60.5. The van der Waals surface area contributed by atoms with Crippen LogP contribution in [0.25, 0.3) is 66.4 Å². The lowest BCUT2D eigenvalue weighted by Gasteiger charge is -2.39. The van der Waals surface area contributed by atoms with E-state index in [-0.39, 0.29) is 161 Å². The van der Waals surface area contributed by atoms with Gasteiger partial charge in [0, 0.05) is 38.8 Å². The van der Waals surface area contributed by atoms with Crippen LogP contribution < -0.4 is 103 Å². The summed E-state index contributed by atoms with van der Waals surface area (Å²) in [4.78, 5) is 1.35. The number of para-hydroxylation sites is 2. The van der Waals surface area contributed by atoms with Crippen LogP contribution in [0.1, 0.15) is 50.3 Å². The largest absolute Gasteiger partial charge is 0.314 e. The number of allylic oxidation sites excluding steroid dienone is 3. The molecule has 1 aromatic heterocycles. The molecule has 1 aliphatic rings. The van der Waals surface area contributed by atoms with E-state index in [1.54, 1.807) is 0 Å². The Morgan fingerprint density at radius 3 is 1.31 bits per heavy atom. The molecule has 42 radical (unpaired) electrons. The number of rotatable bonds is 11. The topological polar surface area (TPSA) is 8.17 Å². The minimum Gasteiger partial charge on any atom is -0.314 e. The van der Waals surface area contributed by atoms with Crippen LogP contribution in [0.5, 0.6) is 0 Å². The first-order valence-corrected chi connectivity index (χ1v) is 26.2. The standard InChI is InChI=1S/C60H29B21N2/c1-5-12-26(34(59(80)81)35-41(64)47(70)51(74)48(71)42(35)65)38(61)21(2)82(58-55(78)45(68)37(46(69)56(58)79)36-43(66)49(72)52(75)50(73)44(36)67)57-53(76)39(62)32(40(63)54(57)77)22-19-28-33(25-15-6-9-16-27(25)60(28,3)4)31(20-22)83-29-17-10-7-13-23(29)24-14-8-11-18-30(24)83/h6-11,13-20H,2,5,12H2,1,3-4H3/b38-26+. The van der Waals surface area contributed by atoms with Gasteiger partial charge in [-0.2, -0.15) is 5.37 Å². The number of benzene rings is 8. The van der Waals surface area contributed by atoms with Crippen LogP contribution in [0, 0.1) is 0 Å². The molecule has 342 valence electrons. The monoisotopic (exact) mass is 1010 g/mol. The minimum absolute atomic E-state index is 0.00681. The van der Waals surface area contributed by atoms with Gasteiger partial charge in [0.2, 0.25) is 0 Å². The zero-order valence-corrected chi connectivity index (χ0v) is 46.2. The van der Waals surface area contributed by atoms with Gasteiger partial charge in [-0.1, -0.05) is 165 Å². The highest BCUT2D eigenvalue weighted by atomic mass is 15.2. The second-order valence-corrected chi connectivity index (χ2v) is 21.4. The van der Waals surface area contributed by atoms with Gasteiger partial charge in [0.15, 0.2) is 0 Å². The molecule has 0 N–H and O–H groups in total. The van der Waals surface area contributed by atoms with Crippen molar-refractivity contribution in [1.29, 1.82) is 0 Å². The third-order valence-corrected chi connectivity index (χ3v) is 16.4. The summed E-state index contributed by atoms with van der Waals surface area (Å²) in [5.74, 6) is 0. The number of hydrogen-bond acceptors (Lipinski definition) is 1. The highest BCUT2D eigenvalue weighted by Crippen LogP contribution is 2.53. The summed E-state index contributed by atoms with van der Waals surface area (Å²) in [7, 11) is 143. The lowest BCUT2D eigenvalue weighted by atomic mass is 9.56. The van der Waals surface area contributed by atoms with E-state index in [1.807, 2.05) is 49.4 Å². The fourth-order valence-electron chi connectivity index (χ4n) is 12.0. The Hall–Kier alpha value is -6.06. The molecule has 1 aliphatic carbocycles. The zero-order valence-electron chi connectivity index (χ0n) is 46.2. The molecule has 0 saturated carbocycles. The quantitative estimate of drug-likeness (QED) is 0.0927. The summed E-state index contributed by atoms with van der Waals surface area (Å²) < 4.78 is 2.26. The van der Waals surface area contributed by atoms with Crippen LogP contribution in [0.2, 0.25) is 0 Å². The van der Waals surface area contributed by atoms with Crippen molar-refractivity contribution >= 4 is 302 Å². The molecule has 8 aromatic carbocycles. The Bertz CT molecular complexity index is 4250. The van der Waals surface area contributed by atoms with Gasteiger partial charge in [-0.15, -0.1) is 32.8 Å². The van der Waals surface area contributed by atoms with Crippen molar-refractivity contribution in [3.05, 3.63) is 130 Å². The van der Waals surface area contributed by atoms with Gasteiger partial charge in [0.05, 0.1) is 32.4 Å². The first-order chi connectivity index (χ1) is 39.1. The van der Waals surface area contributed by atoms with Gasteiger partial charge < -0.3 is 9.47 Å². The molecule has 10 rings (SSSR count). The van der Waals surface area contributed by atoms with Gasteiger partial charge in [0.25, 0.3) is 0 Å². The molecule has 83 heavy (non-hydrogen) atoms. The molecule has 0 amide bonds. The third kappa shape index (κ3) is 9.07. The van der Waals surface area contributed by atoms with E-state index < -0.39 is 5.41 Å². The van der Waals surface area contributed by atoms with Gasteiger partial charge in [-0.05, 0) is 86.3 Å². The Balaban J connectivity index is 1.30.